The van der Waals surface area contributed by atoms with Gasteiger partial charge in [0.15, 0.2) is 0 Å². The van der Waals surface area contributed by atoms with Gasteiger partial charge in [0, 0.05) is 6.54 Å². The van der Waals surface area contributed by atoms with E-state index in [0.29, 0.717) is 5.06 Å². The van der Waals surface area contributed by atoms with Crippen LogP contribution in [0.5, 0.6) is 0 Å². The molecular formula is C5H11NO3. The Morgan fingerprint density at radius 3 is 2.33 bits per heavy atom. The number of carbonyl (C=O) groups is 1. The van der Waals surface area contributed by atoms with Crippen LogP contribution in [0.1, 0.15) is 13.8 Å². The van der Waals surface area contributed by atoms with Gasteiger partial charge in [0.25, 0.3) is 5.91 Å². The molecule has 4 heteroatoms. The van der Waals surface area contributed by atoms with E-state index in [-0.39, 0.29) is 6.54 Å². The average Bonchev–Trinajstić information content (AvgIpc) is 1.84. The van der Waals surface area contributed by atoms with Crippen LogP contribution in [0, 0.1) is 0 Å². The second-order valence-corrected chi connectivity index (χ2v) is 1.73. The van der Waals surface area contributed by atoms with Gasteiger partial charge in [0.05, 0.1) is 0 Å². The summed E-state index contributed by atoms with van der Waals surface area (Å²) in [4.78, 5) is 10.5. The normalized spacial score (nSPS) is 12.9. The third kappa shape index (κ3) is 2.43. The number of amides is 1. The van der Waals surface area contributed by atoms with Gasteiger partial charge >= 0.3 is 0 Å². The molecule has 0 rings (SSSR count). The Kier molecular flexibility index (Phi) is 3.19. The number of hydroxylamine groups is 2. The summed E-state index contributed by atoms with van der Waals surface area (Å²) in [7, 11) is 0. The van der Waals surface area contributed by atoms with Gasteiger partial charge in [-0.2, -0.15) is 0 Å². The minimum atomic E-state index is -1.12. The smallest absolute Gasteiger partial charge is 0.274 e. The summed E-state index contributed by atoms with van der Waals surface area (Å²) in [6, 6.07) is 0. The first-order valence-electron chi connectivity index (χ1n) is 2.78. The second kappa shape index (κ2) is 3.42. The minimum Gasteiger partial charge on any atom is -0.383 e. The van der Waals surface area contributed by atoms with Crippen LogP contribution >= 0.6 is 0 Å². The van der Waals surface area contributed by atoms with E-state index >= 15 is 0 Å². The molecule has 0 saturated carbocycles. The van der Waals surface area contributed by atoms with E-state index in [0.717, 1.165) is 0 Å². The predicted molar refractivity (Wildman–Crippen MR) is 30.9 cm³/mol. The third-order valence-electron chi connectivity index (χ3n) is 0.911. The Morgan fingerprint density at radius 2 is 2.22 bits per heavy atom. The Balaban J connectivity index is 3.73. The molecule has 0 radical (unpaired) electrons. The maximum Gasteiger partial charge on any atom is 0.274 e. The Labute approximate surface area is 53.7 Å². The molecular weight excluding hydrogens is 122 g/mol. The first kappa shape index (κ1) is 8.39. The lowest BCUT2D eigenvalue weighted by Crippen LogP contribution is -2.34. The SMILES string of the molecule is CCN(O)C(=O)C(C)O. The standard InChI is InChI=1S/C5H11NO3/c1-3-6(9)5(8)4(2)7/h4,7,9H,3H2,1-2H3. The highest BCUT2D eigenvalue weighted by molar-refractivity contribution is 5.78. The molecule has 9 heavy (non-hydrogen) atoms. The zero-order valence-corrected chi connectivity index (χ0v) is 5.53. The van der Waals surface area contributed by atoms with Gasteiger partial charge in [-0.3, -0.25) is 10.0 Å². The fourth-order valence-electron chi connectivity index (χ4n) is 0.372. The Bertz CT molecular complexity index is 102. The zero-order chi connectivity index (χ0) is 7.44. The van der Waals surface area contributed by atoms with E-state index in [1.165, 1.54) is 6.92 Å². The molecule has 0 heterocycles. The quantitative estimate of drug-likeness (QED) is 0.398. The zero-order valence-electron chi connectivity index (χ0n) is 5.53. The Morgan fingerprint density at radius 1 is 1.78 bits per heavy atom. The van der Waals surface area contributed by atoms with E-state index in [1.807, 2.05) is 0 Å². The molecule has 0 bridgehead atoms. The van der Waals surface area contributed by atoms with Crippen LogP contribution in [0.25, 0.3) is 0 Å². The van der Waals surface area contributed by atoms with E-state index in [1.54, 1.807) is 6.92 Å². The molecule has 0 aliphatic rings. The summed E-state index contributed by atoms with van der Waals surface area (Å²) in [5, 5.41) is 17.7. The number of hydrogen-bond acceptors (Lipinski definition) is 3. The van der Waals surface area contributed by atoms with E-state index in [4.69, 9.17) is 10.3 Å². The van der Waals surface area contributed by atoms with Gasteiger partial charge in [0.2, 0.25) is 0 Å². The van der Waals surface area contributed by atoms with Crippen LogP contribution in [0.4, 0.5) is 0 Å². The van der Waals surface area contributed by atoms with Crippen LogP contribution in [0.15, 0.2) is 0 Å². The van der Waals surface area contributed by atoms with Crippen LogP contribution in [-0.4, -0.2) is 33.9 Å². The fourth-order valence-corrected chi connectivity index (χ4v) is 0.372. The van der Waals surface area contributed by atoms with E-state index in [2.05, 4.69) is 0 Å². The lowest BCUT2D eigenvalue weighted by Gasteiger charge is -2.12. The molecule has 54 valence electrons. The first-order chi connectivity index (χ1) is 4.09. The minimum absolute atomic E-state index is 0.198. The van der Waals surface area contributed by atoms with Crippen molar-refractivity contribution in [2.24, 2.45) is 0 Å². The van der Waals surface area contributed by atoms with E-state index in [9.17, 15) is 4.79 Å². The lowest BCUT2D eigenvalue weighted by atomic mass is 10.4. The van der Waals surface area contributed by atoms with Gasteiger partial charge in [0.1, 0.15) is 6.10 Å². The number of likely N-dealkylation sites (N-methyl/N-ethyl adjacent to an activating group) is 1. The highest BCUT2D eigenvalue weighted by Crippen LogP contribution is 1.88. The molecule has 0 aromatic rings. The highest BCUT2D eigenvalue weighted by Gasteiger charge is 2.13. The maximum atomic E-state index is 10.5. The number of nitrogens with zero attached hydrogens (tertiary/aromatic N) is 1. The summed E-state index contributed by atoms with van der Waals surface area (Å²) in [6.45, 7) is 3.12. The number of aliphatic hydroxyl groups excluding tert-OH is 1. The van der Waals surface area contributed by atoms with E-state index < -0.39 is 12.0 Å². The topological polar surface area (TPSA) is 60.8 Å². The van der Waals surface area contributed by atoms with Crippen molar-refractivity contribution >= 4 is 5.91 Å². The summed E-state index contributed by atoms with van der Waals surface area (Å²) in [6.07, 6.45) is -1.12. The number of carbonyl (C=O) groups excluding carboxylic acids is 1. The molecule has 4 nitrogen and oxygen atoms in total. The number of hydrogen-bond donors (Lipinski definition) is 2. The van der Waals surface area contributed by atoms with Crippen LogP contribution < -0.4 is 0 Å². The van der Waals surface area contributed by atoms with Crippen molar-refractivity contribution in [1.82, 2.24) is 5.06 Å². The van der Waals surface area contributed by atoms with Gasteiger partial charge in [-0.15, -0.1) is 0 Å². The molecule has 0 aliphatic heterocycles. The Hall–Kier alpha value is -0.610. The average molecular weight is 133 g/mol. The molecule has 2 N–H and O–H groups in total. The van der Waals surface area contributed by atoms with Crippen molar-refractivity contribution in [3.63, 3.8) is 0 Å². The molecule has 0 spiro atoms. The fraction of sp³-hybridized carbons (Fsp3) is 0.800. The summed E-state index contributed by atoms with van der Waals surface area (Å²) >= 11 is 0. The molecule has 1 unspecified atom stereocenters. The molecule has 0 aliphatic carbocycles. The van der Waals surface area contributed by atoms with Crippen molar-refractivity contribution < 1.29 is 15.1 Å². The maximum absolute atomic E-state index is 10.5. The second-order valence-electron chi connectivity index (χ2n) is 1.73. The van der Waals surface area contributed by atoms with Crippen LogP contribution in [-0.2, 0) is 4.79 Å². The van der Waals surface area contributed by atoms with Gasteiger partial charge in [-0.1, -0.05) is 0 Å². The summed E-state index contributed by atoms with van der Waals surface area (Å²) < 4.78 is 0. The summed E-state index contributed by atoms with van der Waals surface area (Å²) in [5.74, 6) is -0.669. The predicted octanol–water partition coefficient (Wildman–Crippen LogP) is -0.395. The lowest BCUT2D eigenvalue weighted by molar-refractivity contribution is -0.172. The van der Waals surface area contributed by atoms with Crippen LogP contribution in [0.3, 0.4) is 0 Å². The first-order valence-corrected chi connectivity index (χ1v) is 2.78. The van der Waals surface area contributed by atoms with Crippen LogP contribution in [0.2, 0.25) is 0 Å². The summed E-state index contributed by atoms with van der Waals surface area (Å²) in [5.41, 5.74) is 0. The number of aliphatic hydroxyl groups is 1. The van der Waals surface area contributed by atoms with Crippen molar-refractivity contribution in [3.8, 4) is 0 Å². The number of rotatable bonds is 2. The van der Waals surface area contributed by atoms with Crippen molar-refractivity contribution in [2.75, 3.05) is 6.54 Å². The molecule has 0 fully saturated rings. The van der Waals surface area contributed by atoms with Gasteiger partial charge in [-0.05, 0) is 13.8 Å². The van der Waals surface area contributed by atoms with Gasteiger partial charge < -0.3 is 5.11 Å². The molecule has 1 amide bonds. The van der Waals surface area contributed by atoms with Crippen molar-refractivity contribution in [1.29, 1.82) is 0 Å². The molecule has 0 aromatic carbocycles. The monoisotopic (exact) mass is 133 g/mol. The molecule has 1 atom stereocenters. The van der Waals surface area contributed by atoms with Crippen molar-refractivity contribution in [2.45, 2.75) is 20.0 Å². The van der Waals surface area contributed by atoms with Gasteiger partial charge in [-0.25, -0.2) is 5.06 Å². The molecule has 0 saturated heterocycles. The van der Waals surface area contributed by atoms with Crippen molar-refractivity contribution in [3.05, 3.63) is 0 Å². The third-order valence-corrected chi connectivity index (χ3v) is 0.911. The highest BCUT2D eigenvalue weighted by atomic mass is 16.5. The molecule has 0 aromatic heterocycles. The largest absolute Gasteiger partial charge is 0.383 e.